The fourth-order valence-corrected chi connectivity index (χ4v) is 5.26. The van der Waals surface area contributed by atoms with Crippen LogP contribution in [-0.2, 0) is 26.0 Å². The van der Waals surface area contributed by atoms with Crippen LogP contribution >= 0.6 is 0 Å². The number of aryl methyl sites for hydroxylation is 1. The molecule has 30 heavy (non-hydrogen) atoms. The summed E-state index contributed by atoms with van der Waals surface area (Å²) < 4.78 is 28.8. The van der Waals surface area contributed by atoms with Crippen molar-refractivity contribution in [3.8, 4) is 0 Å². The molecule has 4 rings (SSSR count). The topological polar surface area (TPSA) is 104 Å². The standard InChI is InChI=1S/C22H25N3O4S/c26-20-13-10-16-14-18(11-12-19(16)24-20)30(28,29)25-21(15-6-2-1-3-7-15)22(27)23-17-8-4-5-9-17/h1-3,6-7,11-12,14,17,21,25H,4-5,8-10,13H2,(H,23,27)(H,24,26). The third-order valence-electron chi connectivity index (χ3n) is 5.65. The van der Waals surface area contributed by atoms with Gasteiger partial charge in [-0.3, -0.25) is 9.59 Å². The van der Waals surface area contributed by atoms with Gasteiger partial charge in [0.25, 0.3) is 0 Å². The van der Waals surface area contributed by atoms with Gasteiger partial charge in [0.2, 0.25) is 21.8 Å². The van der Waals surface area contributed by atoms with E-state index >= 15 is 0 Å². The second kappa shape index (κ2) is 8.57. The summed E-state index contributed by atoms with van der Waals surface area (Å²) in [5, 5.41) is 5.74. The maximum absolute atomic E-state index is 13.1. The van der Waals surface area contributed by atoms with Gasteiger partial charge in [-0.2, -0.15) is 4.72 Å². The van der Waals surface area contributed by atoms with Crippen molar-refractivity contribution in [2.24, 2.45) is 0 Å². The Kier molecular flexibility index (Phi) is 5.87. The van der Waals surface area contributed by atoms with Crippen LogP contribution in [0.25, 0.3) is 0 Å². The molecule has 0 aromatic heterocycles. The average molecular weight is 428 g/mol. The van der Waals surface area contributed by atoms with Crippen molar-refractivity contribution in [1.29, 1.82) is 0 Å². The molecule has 0 radical (unpaired) electrons. The minimum atomic E-state index is -3.96. The molecule has 0 spiro atoms. The van der Waals surface area contributed by atoms with Crippen LogP contribution in [0.1, 0.15) is 49.3 Å². The number of benzene rings is 2. The van der Waals surface area contributed by atoms with Crippen molar-refractivity contribution < 1.29 is 18.0 Å². The van der Waals surface area contributed by atoms with E-state index in [0.717, 1.165) is 31.2 Å². The molecule has 1 heterocycles. The second-order valence-electron chi connectivity index (χ2n) is 7.82. The highest BCUT2D eigenvalue weighted by Gasteiger charge is 2.30. The predicted octanol–water partition coefficient (Wildman–Crippen LogP) is 2.65. The molecule has 1 aliphatic heterocycles. The molecule has 2 aromatic rings. The van der Waals surface area contributed by atoms with Crippen LogP contribution in [0.3, 0.4) is 0 Å². The summed E-state index contributed by atoms with van der Waals surface area (Å²) in [6.45, 7) is 0. The highest BCUT2D eigenvalue weighted by atomic mass is 32.2. The van der Waals surface area contributed by atoms with Gasteiger partial charge in [0, 0.05) is 18.2 Å². The highest BCUT2D eigenvalue weighted by molar-refractivity contribution is 7.89. The summed E-state index contributed by atoms with van der Waals surface area (Å²) in [6, 6.07) is 12.5. The van der Waals surface area contributed by atoms with E-state index in [9.17, 15) is 18.0 Å². The molecule has 0 bridgehead atoms. The van der Waals surface area contributed by atoms with Crippen LogP contribution < -0.4 is 15.4 Å². The van der Waals surface area contributed by atoms with E-state index < -0.39 is 16.1 Å². The van der Waals surface area contributed by atoms with E-state index in [4.69, 9.17) is 0 Å². The number of fused-ring (bicyclic) bond motifs is 1. The summed E-state index contributed by atoms with van der Waals surface area (Å²) in [5.41, 5.74) is 1.98. The van der Waals surface area contributed by atoms with Crippen molar-refractivity contribution >= 4 is 27.5 Å². The number of hydrogen-bond donors (Lipinski definition) is 3. The van der Waals surface area contributed by atoms with Crippen molar-refractivity contribution in [2.45, 2.75) is 55.5 Å². The van der Waals surface area contributed by atoms with Crippen LogP contribution in [0.2, 0.25) is 0 Å². The summed E-state index contributed by atoms with van der Waals surface area (Å²) in [6.07, 6.45) is 4.76. The lowest BCUT2D eigenvalue weighted by molar-refractivity contribution is -0.123. The van der Waals surface area contributed by atoms with Gasteiger partial charge in [0.15, 0.2) is 0 Å². The number of carbonyl (C=O) groups is 2. The van der Waals surface area contributed by atoms with E-state index in [1.54, 1.807) is 36.4 Å². The molecule has 158 valence electrons. The Hall–Kier alpha value is -2.71. The molecule has 1 fully saturated rings. The molecule has 2 aliphatic rings. The van der Waals surface area contributed by atoms with Gasteiger partial charge in [-0.05, 0) is 48.6 Å². The highest BCUT2D eigenvalue weighted by Crippen LogP contribution is 2.27. The zero-order valence-corrected chi connectivity index (χ0v) is 17.4. The zero-order chi connectivity index (χ0) is 21.1. The Balaban J connectivity index is 1.60. The summed E-state index contributed by atoms with van der Waals surface area (Å²) >= 11 is 0. The Morgan fingerprint density at radius 2 is 1.77 bits per heavy atom. The molecule has 1 atom stereocenters. The molecular formula is C22H25N3O4S. The number of carbonyl (C=O) groups excluding carboxylic acids is 2. The minimum Gasteiger partial charge on any atom is -0.352 e. The number of rotatable bonds is 6. The van der Waals surface area contributed by atoms with Gasteiger partial charge in [-0.15, -0.1) is 0 Å². The summed E-state index contributed by atoms with van der Waals surface area (Å²) in [4.78, 5) is 24.6. The Morgan fingerprint density at radius 3 is 2.50 bits per heavy atom. The molecule has 8 heteroatoms. The first kappa shape index (κ1) is 20.6. The van der Waals surface area contributed by atoms with Crippen molar-refractivity contribution in [3.05, 3.63) is 59.7 Å². The van der Waals surface area contributed by atoms with Gasteiger partial charge in [-0.25, -0.2) is 8.42 Å². The normalized spacial score (nSPS) is 17.8. The lowest BCUT2D eigenvalue weighted by atomic mass is 10.0. The first-order valence-electron chi connectivity index (χ1n) is 10.2. The Bertz CT molecular complexity index is 1050. The summed E-state index contributed by atoms with van der Waals surface area (Å²) in [7, 11) is -3.96. The number of amides is 2. The number of nitrogens with one attached hydrogen (secondary N) is 3. The van der Waals surface area contributed by atoms with E-state index in [2.05, 4.69) is 15.4 Å². The molecule has 3 N–H and O–H groups in total. The maximum atomic E-state index is 13.1. The molecule has 7 nitrogen and oxygen atoms in total. The third kappa shape index (κ3) is 4.55. The molecule has 1 aliphatic carbocycles. The molecule has 1 saturated carbocycles. The first-order valence-corrected chi connectivity index (χ1v) is 11.7. The molecular weight excluding hydrogens is 402 g/mol. The average Bonchev–Trinajstić information content (AvgIpc) is 3.25. The first-order chi connectivity index (χ1) is 14.4. The lowest BCUT2D eigenvalue weighted by Gasteiger charge is -2.22. The van der Waals surface area contributed by atoms with Crippen LogP contribution in [0.4, 0.5) is 5.69 Å². The summed E-state index contributed by atoms with van der Waals surface area (Å²) in [5.74, 6) is -0.425. The van der Waals surface area contributed by atoms with Crippen LogP contribution in [0.5, 0.6) is 0 Å². The van der Waals surface area contributed by atoms with Crippen molar-refractivity contribution in [2.75, 3.05) is 5.32 Å². The Labute approximate surface area is 176 Å². The van der Waals surface area contributed by atoms with Gasteiger partial charge in [0.05, 0.1) is 4.90 Å². The number of anilines is 1. The fraction of sp³-hybridized carbons (Fsp3) is 0.364. The predicted molar refractivity (Wildman–Crippen MR) is 113 cm³/mol. The molecule has 0 saturated heterocycles. The van der Waals surface area contributed by atoms with Crippen LogP contribution in [0, 0.1) is 0 Å². The van der Waals surface area contributed by atoms with E-state index in [1.165, 1.54) is 6.07 Å². The quantitative estimate of drug-likeness (QED) is 0.659. The number of sulfonamides is 1. The monoisotopic (exact) mass is 427 g/mol. The Morgan fingerprint density at radius 1 is 1.03 bits per heavy atom. The van der Waals surface area contributed by atoms with Crippen LogP contribution in [-0.4, -0.2) is 26.3 Å². The fourth-order valence-electron chi connectivity index (χ4n) is 4.02. The van der Waals surface area contributed by atoms with Gasteiger partial charge in [0.1, 0.15) is 6.04 Å². The zero-order valence-electron chi connectivity index (χ0n) is 16.6. The minimum absolute atomic E-state index is 0.0759. The SMILES string of the molecule is O=C1CCc2cc(S(=O)(=O)NC(C(=O)NC3CCCC3)c3ccccc3)ccc2N1. The number of hydrogen-bond acceptors (Lipinski definition) is 4. The van der Waals surface area contributed by atoms with Crippen molar-refractivity contribution in [3.63, 3.8) is 0 Å². The van der Waals surface area contributed by atoms with E-state index in [-0.39, 0.29) is 22.8 Å². The smallest absolute Gasteiger partial charge is 0.242 e. The molecule has 2 aromatic carbocycles. The molecule has 2 amide bonds. The molecule has 1 unspecified atom stereocenters. The van der Waals surface area contributed by atoms with Gasteiger partial charge in [-0.1, -0.05) is 43.2 Å². The van der Waals surface area contributed by atoms with Crippen molar-refractivity contribution in [1.82, 2.24) is 10.0 Å². The van der Waals surface area contributed by atoms with Crippen LogP contribution in [0.15, 0.2) is 53.4 Å². The van der Waals surface area contributed by atoms with Gasteiger partial charge >= 0.3 is 0 Å². The van der Waals surface area contributed by atoms with E-state index in [1.807, 2.05) is 6.07 Å². The third-order valence-corrected chi connectivity index (χ3v) is 7.07. The second-order valence-corrected chi connectivity index (χ2v) is 9.54. The van der Waals surface area contributed by atoms with Gasteiger partial charge < -0.3 is 10.6 Å². The lowest BCUT2D eigenvalue weighted by Crippen LogP contribution is -2.43. The maximum Gasteiger partial charge on any atom is 0.242 e. The van der Waals surface area contributed by atoms with E-state index in [0.29, 0.717) is 24.1 Å². The largest absolute Gasteiger partial charge is 0.352 e.